The zero-order chi connectivity index (χ0) is 14.0. The van der Waals surface area contributed by atoms with Gasteiger partial charge in [-0.3, -0.25) is 10.1 Å². The number of carbonyl (C=O) groups excluding carboxylic acids is 1. The van der Waals surface area contributed by atoms with E-state index in [0.717, 1.165) is 0 Å². The monoisotopic (exact) mass is 265 g/mol. The fourth-order valence-corrected chi connectivity index (χ4v) is 1.64. The largest absolute Gasteiger partial charge is 0.464 e. The summed E-state index contributed by atoms with van der Waals surface area (Å²) >= 11 is 0. The molecule has 2 aromatic heterocycles. The summed E-state index contributed by atoms with van der Waals surface area (Å²) in [5.74, 6) is 0.0754. The van der Waals surface area contributed by atoms with Gasteiger partial charge in [0, 0.05) is 0 Å². The number of nitrogens with zero attached hydrogens (tertiary/aromatic N) is 3. The molecule has 0 radical (unpaired) electrons. The summed E-state index contributed by atoms with van der Waals surface area (Å²) in [7, 11) is 1.27. The van der Waals surface area contributed by atoms with E-state index in [1.54, 1.807) is 11.5 Å². The Bertz CT molecular complexity index is 628. The molecule has 0 aliphatic heterocycles. The Labute approximate surface area is 107 Å². The van der Waals surface area contributed by atoms with Gasteiger partial charge in [0.2, 0.25) is 0 Å². The van der Waals surface area contributed by atoms with Crippen LogP contribution in [0.5, 0.6) is 0 Å². The minimum absolute atomic E-state index is 0.171. The van der Waals surface area contributed by atoms with E-state index in [4.69, 9.17) is 4.42 Å². The number of imidazole rings is 1. The van der Waals surface area contributed by atoms with Crippen LogP contribution in [-0.4, -0.2) is 27.6 Å². The third-order valence-electron chi connectivity index (χ3n) is 2.59. The Morgan fingerprint density at radius 1 is 1.58 bits per heavy atom. The van der Waals surface area contributed by atoms with E-state index in [1.165, 1.54) is 25.4 Å². The lowest BCUT2D eigenvalue weighted by Crippen LogP contribution is -2.12. The molecule has 0 spiro atoms. The number of carbonyl (C=O) groups is 1. The Morgan fingerprint density at radius 3 is 2.89 bits per heavy atom. The number of furan rings is 1. The molecule has 2 rings (SSSR count). The fraction of sp³-hybridized carbons (Fsp3) is 0.273. The molecule has 0 atom stereocenters. The van der Waals surface area contributed by atoms with Gasteiger partial charge in [-0.2, -0.15) is 0 Å². The molecule has 0 fully saturated rings. The fourth-order valence-electron chi connectivity index (χ4n) is 1.64. The molecule has 0 amide bonds. The lowest BCUT2D eigenvalue weighted by molar-refractivity contribution is -0.402. The lowest BCUT2D eigenvalue weighted by atomic mass is 10.4. The van der Waals surface area contributed by atoms with Gasteiger partial charge in [0.1, 0.15) is 22.2 Å². The van der Waals surface area contributed by atoms with Gasteiger partial charge < -0.3 is 13.7 Å². The van der Waals surface area contributed by atoms with Crippen LogP contribution in [0.2, 0.25) is 0 Å². The van der Waals surface area contributed by atoms with Gasteiger partial charge in [-0.25, -0.2) is 9.78 Å². The smallest absolute Gasteiger partial charge is 0.433 e. The van der Waals surface area contributed by atoms with E-state index in [-0.39, 0.29) is 18.1 Å². The highest BCUT2D eigenvalue weighted by atomic mass is 16.6. The molecule has 0 aliphatic rings. The zero-order valence-corrected chi connectivity index (χ0v) is 10.3. The molecule has 8 nitrogen and oxygen atoms in total. The Kier molecular flexibility index (Phi) is 3.32. The van der Waals surface area contributed by atoms with Crippen molar-refractivity contribution in [3.05, 3.63) is 45.7 Å². The van der Waals surface area contributed by atoms with Gasteiger partial charge in [-0.05, 0) is 13.0 Å². The van der Waals surface area contributed by atoms with Crippen LogP contribution in [0.1, 0.15) is 22.1 Å². The van der Waals surface area contributed by atoms with Crippen LogP contribution in [-0.2, 0) is 11.3 Å². The number of hydrogen-bond donors (Lipinski definition) is 0. The summed E-state index contributed by atoms with van der Waals surface area (Å²) in [6, 6.07) is 2.75. The van der Waals surface area contributed by atoms with Crippen LogP contribution in [0.25, 0.3) is 0 Å². The molecule has 0 N–H and O–H groups in total. The summed E-state index contributed by atoms with van der Waals surface area (Å²) in [5.41, 5.74) is 0.263. The van der Waals surface area contributed by atoms with E-state index in [9.17, 15) is 14.9 Å². The number of methoxy groups -OCH3 is 1. The van der Waals surface area contributed by atoms with Gasteiger partial charge >= 0.3 is 11.9 Å². The molecular formula is C11H11N3O5. The minimum Gasteiger partial charge on any atom is -0.464 e. The summed E-state index contributed by atoms with van der Waals surface area (Å²) in [4.78, 5) is 25.4. The lowest BCUT2D eigenvalue weighted by Gasteiger charge is -2.06. The second-order valence-corrected chi connectivity index (χ2v) is 3.77. The normalized spacial score (nSPS) is 10.4. The first-order valence-electron chi connectivity index (χ1n) is 5.36. The van der Waals surface area contributed by atoms with Gasteiger partial charge in [0.15, 0.2) is 0 Å². The Morgan fingerprint density at radius 2 is 2.32 bits per heavy atom. The minimum atomic E-state index is -0.620. The van der Waals surface area contributed by atoms with Crippen LogP contribution >= 0.6 is 0 Å². The van der Waals surface area contributed by atoms with Crippen molar-refractivity contribution in [2.75, 3.05) is 7.11 Å². The number of aromatic nitrogens is 2. The molecule has 2 aromatic rings. The second-order valence-electron chi connectivity index (χ2n) is 3.77. The molecule has 19 heavy (non-hydrogen) atoms. The average Bonchev–Trinajstić information content (AvgIpc) is 2.98. The number of aryl methyl sites for hydroxylation is 1. The maximum atomic E-state index is 11.5. The van der Waals surface area contributed by atoms with E-state index in [0.29, 0.717) is 11.6 Å². The van der Waals surface area contributed by atoms with Gasteiger partial charge in [-0.15, -0.1) is 0 Å². The molecular weight excluding hydrogens is 254 g/mol. The highest BCUT2D eigenvalue weighted by Crippen LogP contribution is 2.18. The van der Waals surface area contributed by atoms with Crippen molar-refractivity contribution in [1.29, 1.82) is 0 Å². The third-order valence-corrected chi connectivity index (χ3v) is 2.59. The molecule has 0 saturated carbocycles. The third kappa shape index (κ3) is 2.46. The van der Waals surface area contributed by atoms with Crippen molar-refractivity contribution in [1.82, 2.24) is 9.55 Å². The SMILES string of the molecule is COC(=O)c1cnc(C)n1Cc1ccc([N+](=O)[O-])o1. The van der Waals surface area contributed by atoms with E-state index in [2.05, 4.69) is 9.72 Å². The number of hydrogen-bond acceptors (Lipinski definition) is 6. The van der Waals surface area contributed by atoms with Crippen molar-refractivity contribution >= 4 is 11.9 Å². The van der Waals surface area contributed by atoms with Crippen LogP contribution in [0.4, 0.5) is 5.88 Å². The van der Waals surface area contributed by atoms with Gasteiger partial charge in [0.25, 0.3) is 0 Å². The highest BCUT2D eigenvalue weighted by Gasteiger charge is 2.18. The van der Waals surface area contributed by atoms with Gasteiger partial charge in [-0.1, -0.05) is 0 Å². The molecule has 100 valence electrons. The van der Waals surface area contributed by atoms with Crippen LogP contribution in [0, 0.1) is 17.0 Å². The van der Waals surface area contributed by atoms with Crippen molar-refractivity contribution in [3.63, 3.8) is 0 Å². The molecule has 0 aromatic carbocycles. The van der Waals surface area contributed by atoms with E-state index >= 15 is 0 Å². The first-order valence-corrected chi connectivity index (χ1v) is 5.36. The van der Waals surface area contributed by atoms with E-state index in [1.807, 2.05) is 0 Å². The maximum absolute atomic E-state index is 11.5. The first kappa shape index (κ1) is 12.8. The molecule has 2 heterocycles. The quantitative estimate of drug-likeness (QED) is 0.472. The molecule has 0 bridgehead atoms. The van der Waals surface area contributed by atoms with Crippen LogP contribution in [0.3, 0.4) is 0 Å². The predicted octanol–water partition coefficient (Wildman–Crippen LogP) is 1.53. The van der Waals surface area contributed by atoms with Crippen LogP contribution in [0.15, 0.2) is 22.7 Å². The molecule has 0 unspecified atom stereocenters. The Hall–Kier alpha value is -2.64. The summed E-state index contributed by atoms with van der Waals surface area (Å²) in [6.07, 6.45) is 1.39. The number of esters is 1. The van der Waals surface area contributed by atoms with Crippen molar-refractivity contribution in [2.45, 2.75) is 13.5 Å². The van der Waals surface area contributed by atoms with E-state index < -0.39 is 10.9 Å². The molecule has 8 heteroatoms. The molecule has 0 aliphatic carbocycles. The predicted molar refractivity (Wildman–Crippen MR) is 62.8 cm³/mol. The Balaban J connectivity index is 2.29. The highest BCUT2D eigenvalue weighted by molar-refractivity contribution is 5.87. The topological polar surface area (TPSA) is 100 Å². The zero-order valence-electron chi connectivity index (χ0n) is 10.3. The molecule has 0 saturated heterocycles. The average molecular weight is 265 g/mol. The van der Waals surface area contributed by atoms with Crippen LogP contribution < -0.4 is 0 Å². The number of nitro groups is 1. The maximum Gasteiger partial charge on any atom is 0.433 e. The summed E-state index contributed by atoms with van der Waals surface area (Å²) in [6.45, 7) is 1.88. The van der Waals surface area contributed by atoms with Crippen molar-refractivity contribution in [2.24, 2.45) is 0 Å². The number of rotatable bonds is 4. The summed E-state index contributed by atoms with van der Waals surface area (Å²) < 4.78 is 11.2. The second kappa shape index (κ2) is 4.92. The van der Waals surface area contributed by atoms with Gasteiger partial charge in [0.05, 0.1) is 25.9 Å². The van der Waals surface area contributed by atoms with Crippen molar-refractivity contribution < 1.29 is 18.9 Å². The van der Waals surface area contributed by atoms with Crippen molar-refractivity contribution in [3.8, 4) is 0 Å². The summed E-state index contributed by atoms with van der Waals surface area (Å²) in [5, 5.41) is 10.5. The first-order chi connectivity index (χ1) is 9.02. The standard InChI is InChI=1S/C11H11N3O5/c1-7-12-5-9(11(15)18-2)13(7)6-8-3-4-10(19-8)14(16)17/h3-5H,6H2,1-2H3. The number of ether oxygens (including phenoxy) is 1.